The summed E-state index contributed by atoms with van der Waals surface area (Å²) in [6.07, 6.45) is 1.47. The minimum atomic E-state index is -0.175. The highest BCUT2D eigenvalue weighted by Crippen LogP contribution is 2.14. The maximum absolute atomic E-state index is 11.7. The maximum atomic E-state index is 11.7. The molecule has 0 bridgehead atoms. The first-order valence-corrected chi connectivity index (χ1v) is 6.85. The summed E-state index contributed by atoms with van der Waals surface area (Å²) in [5.74, 6) is 0.501. The summed E-state index contributed by atoms with van der Waals surface area (Å²) < 4.78 is 1.62. The van der Waals surface area contributed by atoms with Gasteiger partial charge in [0.2, 0.25) is 11.1 Å². The molecule has 0 aliphatic rings. The highest BCUT2D eigenvalue weighted by Gasteiger charge is 2.09. The number of nitrogens with zero attached hydrogens (tertiary/aromatic N) is 5. The SMILES string of the molecule is CCn1nnnc1SCC(=O)Nc1ccc(Cl)cn1. The zero-order valence-corrected chi connectivity index (χ0v) is 11.6. The largest absolute Gasteiger partial charge is 0.310 e. The zero-order valence-electron chi connectivity index (χ0n) is 10.1. The Hall–Kier alpha value is -1.67. The molecule has 0 unspecified atom stereocenters. The minimum Gasteiger partial charge on any atom is -0.310 e. The summed E-state index contributed by atoms with van der Waals surface area (Å²) in [6.45, 7) is 2.59. The van der Waals surface area contributed by atoms with Crippen molar-refractivity contribution in [3.63, 3.8) is 0 Å². The Balaban J connectivity index is 1.86. The number of aryl methyl sites for hydroxylation is 1. The molecule has 9 heteroatoms. The van der Waals surface area contributed by atoms with Gasteiger partial charge >= 0.3 is 0 Å². The number of tetrazole rings is 1. The number of carbonyl (C=O) groups excluding carboxylic acids is 1. The number of rotatable bonds is 5. The van der Waals surface area contributed by atoms with Gasteiger partial charge in [0.1, 0.15) is 5.82 Å². The van der Waals surface area contributed by atoms with E-state index in [0.717, 1.165) is 0 Å². The highest BCUT2D eigenvalue weighted by molar-refractivity contribution is 7.99. The molecule has 0 aliphatic heterocycles. The molecule has 0 saturated carbocycles. The van der Waals surface area contributed by atoms with Crippen LogP contribution in [0.5, 0.6) is 0 Å². The predicted octanol–water partition coefficient (Wildman–Crippen LogP) is 1.47. The molecule has 2 aromatic heterocycles. The summed E-state index contributed by atoms with van der Waals surface area (Å²) in [5, 5.41) is 15.0. The smallest absolute Gasteiger partial charge is 0.236 e. The number of aromatic nitrogens is 5. The summed E-state index contributed by atoms with van der Waals surface area (Å²) in [7, 11) is 0. The molecule has 2 rings (SSSR count). The summed E-state index contributed by atoms with van der Waals surface area (Å²) >= 11 is 6.98. The van der Waals surface area contributed by atoms with Crippen molar-refractivity contribution in [2.75, 3.05) is 11.1 Å². The van der Waals surface area contributed by atoms with Crippen LogP contribution >= 0.6 is 23.4 Å². The van der Waals surface area contributed by atoms with Crippen molar-refractivity contribution in [1.82, 2.24) is 25.2 Å². The molecule has 0 radical (unpaired) electrons. The van der Waals surface area contributed by atoms with E-state index in [1.54, 1.807) is 16.8 Å². The third kappa shape index (κ3) is 3.90. The third-order valence-electron chi connectivity index (χ3n) is 2.13. The summed E-state index contributed by atoms with van der Waals surface area (Å²) in [5.41, 5.74) is 0. The Bertz CT molecular complexity index is 557. The molecule has 0 atom stereocenters. The van der Waals surface area contributed by atoms with Crippen LogP contribution in [0, 0.1) is 0 Å². The van der Waals surface area contributed by atoms with Gasteiger partial charge in [-0.1, -0.05) is 23.4 Å². The number of carbonyl (C=O) groups is 1. The van der Waals surface area contributed by atoms with Crippen molar-refractivity contribution in [1.29, 1.82) is 0 Å². The molecule has 19 heavy (non-hydrogen) atoms. The van der Waals surface area contributed by atoms with Gasteiger partial charge in [0.25, 0.3) is 0 Å². The zero-order chi connectivity index (χ0) is 13.7. The van der Waals surface area contributed by atoms with Crippen LogP contribution in [0.2, 0.25) is 5.02 Å². The topological polar surface area (TPSA) is 85.6 Å². The van der Waals surface area contributed by atoms with Gasteiger partial charge in [0.05, 0.1) is 10.8 Å². The van der Waals surface area contributed by atoms with Gasteiger partial charge < -0.3 is 5.32 Å². The van der Waals surface area contributed by atoms with E-state index in [2.05, 4.69) is 25.8 Å². The van der Waals surface area contributed by atoms with Gasteiger partial charge in [-0.2, -0.15) is 0 Å². The van der Waals surface area contributed by atoms with E-state index in [4.69, 9.17) is 11.6 Å². The van der Waals surface area contributed by atoms with Crippen molar-refractivity contribution in [2.45, 2.75) is 18.6 Å². The standard InChI is InChI=1S/C10H11ClN6OS/c1-2-17-10(14-15-16-17)19-6-9(18)13-8-4-3-7(11)5-12-8/h3-5H,2,6H2,1H3,(H,12,13,18). The Labute approximate surface area is 118 Å². The van der Waals surface area contributed by atoms with Gasteiger partial charge in [-0.15, -0.1) is 5.10 Å². The molecular weight excluding hydrogens is 288 g/mol. The van der Waals surface area contributed by atoms with Crippen LogP contribution in [-0.4, -0.2) is 36.9 Å². The number of hydrogen-bond acceptors (Lipinski definition) is 6. The number of halogens is 1. The molecular formula is C10H11ClN6OS. The first-order valence-electron chi connectivity index (χ1n) is 5.49. The lowest BCUT2D eigenvalue weighted by Gasteiger charge is -2.04. The number of nitrogens with one attached hydrogen (secondary N) is 1. The summed E-state index contributed by atoms with van der Waals surface area (Å²) in [4.78, 5) is 15.7. The van der Waals surface area contributed by atoms with Crippen LogP contribution in [0.15, 0.2) is 23.5 Å². The molecule has 0 saturated heterocycles. The average Bonchev–Trinajstić information content (AvgIpc) is 2.86. The second-order valence-corrected chi connectivity index (χ2v) is 4.85. The van der Waals surface area contributed by atoms with Gasteiger partial charge in [-0.25, -0.2) is 9.67 Å². The molecule has 2 aromatic rings. The highest BCUT2D eigenvalue weighted by atomic mass is 35.5. The Morgan fingerprint density at radius 1 is 1.53 bits per heavy atom. The van der Waals surface area contributed by atoms with Crippen molar-refractivity contribution < 1.29 is 4.79 Å². The number of hydrogen-bond donors (Lipinski definition) is 1. The molecule has 0 aliphatic carbocycles. The van der Waals surface area contributed by atoms with Crippen LogP contribution in [0.4, 0.5) is 5.82 Å². The van der Waals surface area contributed by atoms with Gasteiger partial charge in [-0.3, -0.25) is 4.79 Å². The third-order valence-corrected chi connectivity index (χ3v) is 3.31. The molecule has 1 amide bonds. The first kappa shape index (κ1) is 13.8. The second-order valence-electron chi connectivity index (χ2n) is 3.48. The molecule has 100 valence electrons. The molecule has 0 fully saturated rings. The van der Waals surface area contributed by atoms with Gasteiger partial charge in [0.15, 0.2) is 0 Å². The van der Waals surface area contributed by atoms with E-state index in [-0.39, 0.29) is 11.7 Å². The van der Waals surface area contributed by atoms with E-state index in [0.29, 0.717) is 22.5 Å². The lowest BCUT2D eigenvalue weighted by atomic mass is 10.4. The van der Waals surface area contributed by atoms with Crippen LogP contribution in [-0.2, 0) is 11.3 Å². The van der Waals surface area contributed by atoms with E-state index >= 15 is 0 Å². The fourth-order valence-electron chi connectivity index (χ4n) is 1.26. The fourth-order valence-corrected chi connectivity index (χ4v) is 2.11. The maximum Gasteiger partial charge on any atom is 0.236 e. The number of pyridine rings is 1. The van der Waals surface area contributed by atoms with E-state index < -0.39 is 0 Å². The molecule has 0 aromatic carbocycles. The Morgan fingerprint density at radius 3 is 3.05 bits per heavy atom. The molecule has 1 N–H and O–H groups in total. The normalized spacial score (nSPS) is 10.4. The number of amides is 1. The lowest BCUT2D eigenvalue weighted by Crippen LogP contribution is -2.15. The number of anilines is 1. The van der Waals surface area contributed by atoms with Crippen molar-refractivity contribution in [2.24, 2.45) is 0 Å². The fraction of sp³-hybridized carbons (Fsp3) is 0.300. The van der Waals surface area contributed by atoms with E-state index in [9.17, 15) is 4.79 Å². The first-order chi connectivity index (χ1) is 9.19. The van der Waals surface area contributed by atoms with Crippen LogP contribution in [0.3, 0.4) is 0 Å². The quantitative estimate of drug-likeness (QED) is 0.841. The van der Waals surface area contributed by atoms with Gasteiger partial charge in [-0.05, 0) is 29.5 Å². The number of thioether (sulfide) groups is 1. The Morgan fingerprint density at radius 2 is 2.37 bits per heavy atom. The van der Waals surface area contributed by atoms with Crippen molar-refractivity contribution >= 4 is 35.1 Å². The van der Waals surface area contributed by atoms with Crippen molar-refractivity contribution in [3.8, 4) is 0 Å². The molecule has 7 nitrogen and oxygen atoms in total. The van der Waals surface area contributed by atoms with E-state index in [1.807, 2.05) is 6.92 Å². The van der Waals surface area contributed by atoms with E-state index in [1.165, 1.54) is 18.0 Å². The predicted molar refractivity (Wildman–Crippen MR) is 72.1 cm³/mol. The minimum absolute atomic E-state index is 0.175. The monoisotopic (exact) mass is 298 g/mol. The molecule has 0 spiro atoms. The average molecular weight is 299 g/mol. The van der Waals surface area contributed by atoms with Crippen LogP contribution < -0.4 is 5.32 Å². The second kappa shape index (κ2) is 6.48. The summed E-state index contributed by atoms with van der Waals surface area (Å²) in [6, 6.07) is 3.30. The van der Waals surface area contributed by atoms with Gasteiger partial charge in [0, 0.05) is 12.7 Å². The molecule has 2 heterocycles. The lowest BCUT2D eigenvalue weighted by molar-refractivity contribution is -0.113. The Kier molecular flexibility index (Phi) is 4.69. The van der Waals surface area contributed by atoms with Crippen molar-refractivity contribution in [3.05, 3.63) is 23.4 Å². The van der Waals surface area contributed by atoms with Crippen LogP contribution in [0.1, 0.15) is 6.92 Å². The van der Waals surface area contributed by atoms with Crippen LogP contribution in [0.25, 0.3) is 0 Å².